The van der Waals surface area contributed by atoms with E-state index in [1.165, 1.54) is 21.8 Å². The summed E-state index contributed by atoms with van der Waals surface area (Å²) in [5, 5.41) is 6.88. The number of rotatable bonds is 6. The molecule has 12 aromatic rings. The molecule has 12 rings (SSSR count). The van der Waals surface area contributed by atoms with Crippen LogP contribution in [-0.4, -0.2) is 4.57 Å². The fourth-order valence-corrected chi connectivity index (χ4v) is 9.01. The SMILES string of the molecule is c1ccc(N(c2ccc(-c3cccc4c3oc3ccccc34)cc2)c2ccc(-c3cccc(-n4c5ccccc5c5ccccc54)c3)c3oc4ccccc4c23)cc1. The van der Waals surface area contributed by atoms with Crippen molar-refractivity contribution < 1.29 is 8.83 Å². The minimum atomic E-state index is 0.854. The first kappa shape index (κ1) is 32.4. The Hall–Kier alpha value is -7.82. The molecule has 0 radical (unpaired) electrons. The molecule has 0 aliphatic heterocycles. The number of aromatic nitrogens is 1. The van der Waals surface area contributed by atoms with Crippen LogP contribution in [-0.2, 0) is 0 Å². The number of hydrogen-bond donors (Lipinski definition) is 0. The molecule has 0 saturated carbocycles. The summed E-state index contributed by atoms with van der Waals surface area (Å²) in [6.07, 6.45) is 0. The number of anilines is 3. The van der Waals surface area contributed by atoms with E-state index in [-0.39, 0.29) is 0 Å². The molecule has 3 heterocycles. The zero-order valence-electron chi connectivity index (χ0n) is 31.3. The predicted octanol–water partition coefficient (Wildman–Crippen LogP) is 15.4. The Morgan fingerprint density at radius 3 is 1.69 bits per heavy atom. The van der Waals surface area contributed by atoms with E-state index in [4.69, 9.17) is 8.83 Å². The van der Waals surface area contributed by atoms with Gasteiger partial charge in [0.15, 0.2) is 0 Å². The normalized spacial score (nSPS) is 11.8. The standard InChI is InChI=1S/C54H34N2O2/c1-2-15-37(16-3-1)55(38-30-28-35(29-31-38)40-22-13-23-45-44-20-6-10-26-50(44)57-53(40)45)49-33-32-41(54-52(49)46-21-7-11-27-51(46)58-54)36-14-12-17-39(34-36)56-47-24-8-4-18-42(47)43-19-5-9-25-48(43)56/h1-34H. The zero-order valence-corrected chi connectivity index (χ0v) is 31.3. The van der Waals surface area contributed by atoms with E-state index in [1.807, 2.05) is 18.2 Å². The van der Waals surface area contributed by atoms with Crippen molar-refractivity contribution in [3.05, 3.63) is 206 Å². The van der Waals surface area contributed by atoms with Crippen LogP contribution in [0.25, 0.3) is 93.6 Å². The lowest BCUT2D eigenvalue weighted by Gasteiger charge is -2.27. The second kappa shape index (κ2) is 12.9. The van der Waals surface area contributed by atoms with Gasteiger partial charge in [-0.2, -0.15) is 0 Å². The van der Waals surface area contributed by atoms with Gasteiger partial charge in [-0.25, -0.2) is 0 Å². The molecule has 0 spiro atoms. The van der Waals surface area contributed by atoms with Gasteiger partial charge in [-0.05, 0) is 83.9 Å². The maximum Gasteiger partial charge on any atom is 0.145 e. The van der Waals surface area contributed by atoms with Crippen molar-refractivity contribution in [3.8, 4) is 27.9 Å². The first-order chi connectivity index (χ1) is 28.8. The topological polar surface area (TPSA) is 34.5 Å². The first-order valence-electron chi connectivity index (χ1n) is 19.7. The molecular weight excluding hydrogens is 709 g/mol. The fraction of sp³-hybridized carbons (Fsp3) is 0. The molecule has 0 saturated heterocycles. The highest BCUT2D eigenvalue weighted by atomic mass is 16.3. The molecule has 3 aromatic heterocycles. The highest BCUT2D eigenvalue weighted by Crippen LogP contribution is 2.47. The summed E-state index contributed by atoms with van der Waals surface area (Å²) in [4.78, 5) is 2.34. The van der Waals surface area contributed by atoms with E-state index in [2.05, 4.69) is 198 Å². The third-order valence-corrected chi connectivity index (χ3v) is 11.6. The highest BCUT2D eigenvalue weighted by molar-refractivity contribution is 6.17. The van der Waals surface area contributed by atoms with Crippen LogP contribution in [0.4, 0.5) is 17.1 Å². The molecule has 9 aromatic carbocycles. The molecule has 0 unspecified atom stereocenters. The molecule has 58 heavy (non-hydrogen) atoms. The summed E-state index contributed by atoms with van der Waals surface area (Å²) >= 11 is 0. The summed E-state index contributed by atoms with van der Waals surface area (Å²) in [6.45, 7) is 0. The van der Waals surface area contributed by atoms with Crippen LogP contribution in [0.1, 0.15) is 0 Å². The predicted molar refractivity (Wildman–Crippen MR) is 241 cm³/mol. The summed E-state index contributed by atoms with van der Waals surface area (Å²) in [5.74, 6) is 0. The van der Waals surface area contributed by atoms with Crippen LogP contribution >= 0.6 is 0 Å². The monoisotopic (exact) mass is 742 g/mol. The van der Waals surface area contributed by atoms with Gasteiger partial charge in [-0.1, -0.05) is 133 Å². The Morgan fingerprint density at radius 2 is 0.931 bits per heavy atom. The van der Waals surface area contributed by atoms with Gasteiger partial charge in [-0.15, -0.1) is 0 Å². The van der Waals surface area contributed by atoms with Gasteiger partial charge in [0.05, 0.1) is 22.1 Å². The Kier molecular flexibility index (Phi) is 7.20. The van der Waals surface area contributed by atoms with Gasteiger partial charge in [0, 0.05) is 55.1 Å². The second-order valence-corrected chi connectivity index (χ2v) is 14.9. The molecule has 0 amide bonds. The molecule has 0 aliphatic rings. The van der Waals surface area contributed by atoms with Crippen molar-refractivity contribution in [1.29, 1.82) is 0 Å². The van der Waals surface area contributed by atoms with Crippen LogP contribution < -0.4 is 4.90 Å². The van der Waals surface area contributed by atoms with Crippen molar-refractivity contribution in [3.63, 3.8) is 0 Å². The van der Waals surface area contributed by atoms with Crippen LogP contribution in [0.5, 0.6) is 0 Å². The summed E-state index contributed by atoms with van der Waals surface area (Å²) in [7, 11) is 0. The molecule has 4 nitrogen and oxygen atoms in total. The smallest absolute Gasteiger partial charge is 0.145 e. The largest absolute Gasteiger partial charge is 0.455 e. The van der Waals surface area contributed by atoms with Crippen molar-refractivity contribution in [2.24, 2.45) is 0 Å². The van der Waals surface area contributed by atoms with E-state index < -0.39 is 0 Å². The van der Waals surface area contributed by atoms with Crippen LogP contribution in [0.15, 0.2) is 215 Å². The van der Waals surface area contributed by atoms with E-state index >= 15 is 0 Å². The van der Waals surface area contributed by atoms with Gasteiger partial charge in [0.25, 0.3) is 0 Å². The molecule has 0 atom stereocenters. The number of furan rings is 2. The highest BCUT2D eigenvalue weighted by Gasteiger charge is 2.23. The maximum atomic E-state index is 6.87. The Labute approximate surface area is 334 Å². The molecule has 0 fully saturated rings. The minimum absolute atomic E-state index is 0.854. The lowest BCUT2D eigenvalue weighted by Crippen LogP contribution is -2.10. The fourth-order valence-electron chi connectivity index (χ4n) is 9.01. The van der Waals surface area contributed by atoms with Crippen LogP contribution in [0, 0.1) is 0 Å². The third kappa shape index (κ3) is 4.95. The number of benzene rings is 9. The minimum Gasteiger partial charge on any atom is -0.455 e. The van der Waals surface area contributed by atoms with Gasteiger partial charge < -0.3 is 18.3 Å². The van der Waals surface area contributed by atoms with Crippen molar-refractivity contribution >= 4 is 82.7 Å². The van der Waals surface area contributed by atoms with E-state index in [1.54, 1.807) is 0 Å². The number of fused-ring (bicyclic) bond motifs is 9. The molecule has 4 heteroatoms. The summed E-state index contributed by atoms with van der Waals surface area (Å²) in [5.41, 5.74) is 14.4. The Morgan fingerprint density at radius 1 is 0.362 bits per heavy atom. The average molecular weight is 743 g/mol. The molecule has 0 N–H and O–H groups in total. The molecule has 0 aliphatic carbocycles. The molecule has 0 bridgehead atoms. The molecular formula is C54H34N2O2. The quantitative estimate of drug-likeness (QED) is 0.170. The van der Waals surface area contributed by atoms with E-state index in [9.17, 15) is 0 Å². The zero-order chi connectivity index (χ0) is 38.2. The Balaban J connectivity index is 1.03. The average Bonchev–Trinajstić information content (AvgIpc) is 3.98. The van der Waals surface area contributed by atoms with Crippen LogP contribution in [0.3, 0.4) is 0 Å². The van der Waals surface area contributed by atoms with Gasteiger partial charge in [0.1, 0.15) is 22.3 Å². The summed E-state index contributed by atoms with van der Waals surface area (Å²) < 4.78 is 15.7. The van der Waals surface area contributed by atoms with Crippen molar-refractivity contribution in [1.82, 2.24) is 4.57 Å². The lowest BCUT2D eigenvalue weighted by molar-refractivity contribution is 0.669. The number of hydrogen-bond acceptors (Lipinski definition) is 3. The van der Waals surface area contributed by atoms with Crippen molar-refractivity contribution in [2.45, 2.75) is 0 Å². The van der Waals surface area contributed by atoms with E-state index in [0.29, 0.717) is 0 Å². The summed E-state index contributed by atoms with van der Waals surface area (Å²) in [6, 6.07) is 73.0. The molecule has 272 valence electrons. The number of para-hydroxylation sites is 6. The maximum absolute atomic E-state index is 6.87. The number of nitrogens with zero attached hydrogens (tertiary/aromatic N) is 2. The van der Waals surface area contributed by atoms with Gasteiger partial charge in [-0.3, -0.25) is 0 Å². The van der Waals surface area contributed by atoms with E-state index in [0.717, 1.165) is 88.9 Å². The second-order valence-electron chi connectivity index (χ2n) is 14.9. The van der Waals surface area contributed by atoms with Gasteiger partial charge in [0.2, 0.25) is 0 Å². The van der Waals surface area contributed by atoms with Gasteiger partial charge >= 0.3 is 0 Å². The third-order valence-electron chi connectivity index (χ3n) is 11.6. The van der Waals surface area contributed by atoms with Crippen LogP contribution in [0.2, 0.25) is 0 Å². The Bertz CT molecular complexity index is 3460. The lowest BCUT2D eigenvalue weighted by atomic mass is 9.99. The first-order valence-corrected chi connectivity index (χ1v) is 19.7. The van der Waals surface area contributed by atoms with Crippen molar-refractivity contribution in [2.75, 3.05) is 4.90 Å².